The van der Waals surface area contributed by atoms with E-state index in [2.05, 4.69) is 5.32 Å². The molecule has 0 aliphatic carbocycles. The summed E-state index contributed by atoms with van der Waals surface area (Å²) < 4.78 is 39.7. The predicted octanol–water partition coefficient (Wildman–Crippen LogP) is 2.64. The number of hydrogen-bond acceptors (Lipinski definition) is 2. The zero-order valence-electron chi connectivity index (χ0n) is 12.4. The van der Waals surface area contributed by atoms with Crippen molar-refractivity contribution in [3.05, 3.63) is 65.5 Å². The third-order valence-electron chi connectivity index (χ3n) is 3.82. The van der Waals surface area contributed by atoms with Crippen LogP contribution in [0.5, 0.6) is 0 Å². The van der Waals surface area contributed by atoms with E-state index in [9.17, 15) is 22.8 Å². The molecule has 2 aromatic rings. The predicted molar refractivity (Wildman–Crippen MR) is 81.0 cm³/mol. The highest BCUT2D eigenvalue weighted by atomic mass is 19.1. The molecule has 0 bridgehead atoms. The van der Waals surface area contributed by atoms with Crippen LogP contribution in [-0.2, 0) is 4.79 Å². The molecular formula is C17H13F3N2O2. The average molecular weight is 334 g/mol. The molecule has 0 spiro atoms. The third kappa shape index (κ3) is 3.10. The van der Waals surface area contributed by atoms with E-state index >= 15 is 0 Å². The van der Waals surface area contributed by atoms with E-state index < -0.39 is 35.0 Å². The molecule has 3 rings (SSSR count). The lowest BCUT2D eigenvalue weighted by atomic mass is 10.1. The SMILES string of the molecule is O=C(NC1CCN(c2ccc(F)cc2)C1=O)c1cc(F)ccc1F. The minimum Gasteiger partial charge on any atom is -0.340 e. The van der Waals surface area contributed by atoms with Gasteiger partial charge in [-0.05, 0) is 48.9 Å². The molecule has 1 unspecified atom stereocenters. The second kappa shape index (κ2) is 6.35. The average Bonchev–Trinajstić information content (AvgIpc) is 2.91. The topological polar surface area (TPSA) is 49.4 Å². The molecule has 1 N–H and O–H groups in total. The first-order chi connectivity index (χ1) is 11.5. The molecule has 1 saturated heterocycles. The van der Waals surface area contributed by atoms with Crippen molar-refractivity contribution >= 4 is 17.5 Å². The highest BCUT2D eigenvalue weighted by Gasteiger charge is 2.34. The van der Waals surface area contributed by atoms with Crippen molar-refractivity contribution in [3.63, 3.8) is 0 Å². The molecular weight excluding hydrogens is 321 g/mol. The number of amides is 2. The smallest absolute Gasteiger partial charge is 0.255 e. The molecule has 1 aliphatic heterocycles. The molecule has 0 radical (unpaired) electrons. The number of carbonyl (C=O) groups is 2. The van der Waals surface area contributed by atoms with Crippen LogP contribution in [0.25, 0.3) is 0 Å². The van der Waals surface area contributed by atoms with E-state index in [0.29, 0.717) is 18.7 Å². The Balaban J connectivity index is 1.72. The highest BCUT2D eigenvalue weighted by Crippen LogP contribution is 2.22. The van der Waals surface area contributed by atoms with Crippen LogP contribution in [0.15, 0.2) is 42.5 Å². The van der Waals surface area contributed by atoms with Gasteiger partial charge >= 0.3 is 0 Å². The summed E-state index contributed by atoms with van der Waals surface area (Å²) in [6.07, 6.45) is 0.318. The number of nitrogens with one attached hydrogen (secondary N) is 1. The summed E-state index contributed by atoms with van der Waals surface area (Å²) in [4.78, 5) is 25.8. The van der Waals surface area contributed by atoms with Crippen LogP contribution in [0.4, 0.5) is 18.9 Å². The van der Waals surface area contributed by atoms with Crippen molar-refractivity contribution in [2.45, 2.75) is 12.5 Å². The summed E-state index contributed by atoms with van der Waals surface area (Å²) in [7, 11) is 0. The minimum atomic E-state index is -0.866. The van der Waals surface area contributed by atoms with Gasteiger partial charge in [0.25, 0.3) is 5.91 Å². The fourth-order valence-electron chi connectivity index (χ4n) is 2.60. The fraction of sp³-hybridized carbons (Fsp3) is 0.176. The number of carbonyl (C=O) groups excluding carboxylic acids is 2. The molecule has 1 heterocycles. The Morgan fingerprint density at radius 2 is 1.71 bits per heavy atom. The van der Waals surface area contributed by atoms with E-state index in [1.807, 2.05) is 0 Å². The highest BCUT2D eigenvalue weighted by molar-refractivity contribution is 6.03. The number of anilines is 1. The van der Waals surface area contributed by atoms with Gasteiger partial charge in [0.2, 0.25) is 5.91 Å². The van der Waals surface area contributed by atoms with E-state index in [1.54, 1.807) is 0 Å². The number of hydrogen-bond donors (Lipinski definition) is 1. The maximum Gasteiger partial charge on any atom is 0.255 e. The minimum absolute atomic E-state index is 0.318. The van der Waals surface area contributed by atoms with Crippen LogP contribution in [0.3, 0.4) is 0 Å². The molecule has 4 nitrogen and oxygen atoms in total. The largest absolute Gasteiger partial charge is 0.340 e. The van der Waals surface area contributed by atoms with Crippen LogP contribution in [0.1, 0.15) is 16.8 Å². The van der Waals surface area contributed by atoms with Gasteiger partial charge in [-0.15, -0.1) is 0 Å². The van der Waals surface area contributed by atoms with Crippen LogP contribution < -0.4 is 10.2 Å². The summed E-state index contributed by atoms with van der Waals surface area (Å²) >= 11 is 0. The summed E-state index contributed by atoms with van der Waals surface area (Å²) in [6, 6.07) is 7.09. The quantitative estimate of drug-likeness (QED) is 0.938. The lowest BCUT2D eigenvalue weighted by Crippen LogP contribution is -2.41. The lowest BCUT2D eigenvalue weighted by Gasteiger charge is -2.17. The first kappa shape index (κ1) is 16.0. The Morgan fingerprint density at radius 3 is 2.42 bits per heavy atom. The molecule has 2 amide bonds. The molecule has 1 aliphatic rings. The second-order valence-corrected chi connectivity index (χ2v) is 5.41. The summed E-state index contributed by atoms with van der Waals surface area (Å²) in [5, 5.41) is 2.41. The Bertz CT molecular complexity index is 793. The van der Waals surface area contributed by atoms with E-state index in [1.165, 1.54) is 29.2 Å². The number of rotatable bonds is 3. The number of benzene rings is 2. The zero-order chi connectivity index (χ0) is 17.3. The van der Waals surface area contributed by atoms with Crippen molar-refractivity contribution in [2.24, 2.45) is 0 Å². The van der Waals surface area contributed by atoms with Gasteiger partial charge in [0, 0.05) is 12.2 Å². The molecule has 1 fully saturated rings. The maximum absolute atomic E-state index is 13.6. The number of nitrogens with zero attached hydrogens (tertiary/aromatic N) is 1. The van der Waals surface area contributed by atoms with Gasteiger partial charge in [-0.1, -0.05) is 0 Å². The molecule has 1 atom stereocenters. The molecule has 0 aromatic heterocycles. The van der Waals surface area contributed by atoms with Crippen LogP contribution in [-0.4, -0.2) is 24.4 Å². The van der Waals surface area contributed by atoms with Crippen LogP contribution in [0, 0.1) is 17.5 Å². The standard InChI is InChI=1S/C17H13F3N2O2/c18-10-1-4-12(5-2-10)22-8-7-15(17(22)24)21-16(23)13-9-11(19)3-6-14(13)20/h1-6,9,15H,7-8H2,(H,21,23). The molecule has 7 heteroatoms. The fourth-order valence-corrected chi connectivity index (χ4v) is 2.60. The Hall–Kier alpha value is -2.83. The van der Waals surface area contributed by atoms with Crippen molar-refractivity contribution < 1.29 is 22.8 Å². The Labute approximate surface area is 135 Å². The molecule has 0 saturated carbocycles. The van der Waals surface area contributed by atoms with Gasteiger partial charge in [0.15, 0.2) is 0 Å². The van der Waals surface area contributed by atoms with Crippen molar-refractivity contribution in [3.8, 4) is 0 Å². The van der Waals surface area contributed by atoms with E-state index in [4.69, 9.17) is 0 Å². The first-order valence-electron chi connectivity index (χ1n) is 7.28. The Kier molecular flexibility index (Phi) is 4.24. The van der Waals surface area contributed by atoms with Gasteiger partial charge in [-0.2, -0.15) is 0 Å². The summed E-state index contributed by atoms with van der Waals surface area (Å²) in [6.45, 7) is 0.334. The molecule has 24 heavy (non-hydrogen) atoms. The monoisotopic (exact) mass is 334 g/mol. The van der Waals surface area contributed by atoms with Gasteiger partial charge in [-0.3, -0.25) is 9.59 Å². The van der Waals surface area contributed by atoms with Gasteiger partial charge in [-0.25, -0.2) is 13.2 Å². The Morgan fingerprint density at radius 1 is 1.04 bits per heavy atom. The van der Waals surface area contributed by atoms with Crippen molar-refractivity contribution in [1.82, 2.24) is 5.32 Å². The normalized spacial score (nSPS) is 17.2. The first-order valence-corrected chi connectivity index (χ1v) is 7.28. The van der Waals surface area contributed by atoms with Crippen LogP contribution in [0.2, 0.25) is 0 Å². The molecule has 124 valence electrons. The summed E-state index contributed by atoms with van der Waals surface area (Å²) in [5.74, 6) is -3.27. The molecule has 2 aromatic carbocycles. The zero-order valence-corrected chi connectivity index (χ0v) is 12.4. The van der Waals surface area contributed by atoms with E-state index in [0.717, 1.165) is 18.2 Å². The maximum atomic E-state index is 13.6. The van der Waals surface area contributed by atoms with Gasteiger partial charge in [0.1, 0.15) is 23.5 Å². The van der Waals surface area contributed by atoms with Crippen LogP contribution >= 0.6 is 0 Å². The van der Waals surface area contributed by atoms with Gasteiger partial charge in [0.05, 0.1) is 5.56 Å². The number of halogens is 3. The van der Waals surface area contributed by atoms with Gasteiger partial charge < -0.3 is 10.2 Å². The lowest BCUT2D eigenvalue weighted by molar-refractivity contribution is -0.118. The van der Waals surface area contributed by atoms with Crippen molar-refractivity contribution in [2.75, 3.05) is 11.4 Å². The van der Waals surface area contributed by atoms with Crippen molar-refractivity contribution in [1.29, 1.82) is 0 Å². The third-order valence-corrected chi connectivity index (χ3v) is 3.82. The van der Waals surface area contributed by atoms with E-state index in [-0.39, 0.29) is 5.91 Å². The second-order valence-electron chi connectivity index (χ2n) is 5.41. The summed E-state index contributed by atoms with van der Waals surface area (Å²) in [5.41, 5.74) is 0.0538.